The van der Waals surface area contributed by atoms with Crippen LogP contribution in [-0.2, 0) is 43.5 Å². The number of hydrogen-bond donors (Lipinski definition) is 4. The van der Waals surface area contributed by atoms with Gasteiger partial charge in [0.2, 0.25) is 11.8 Å². The van der Waals surface area contributed by atoms with Gasteiger partial charge in [0.1, 0.15) is 24.4 Å². The minimum Gasteiger partial charge on any atom is -0.496 e. The molecule has 5 N–H and O–H groups in total. The van der Waals surface area contributed by atoms with Gasteiger partial charge in [0.05, 0.1) is 7.11 Å². The van der Waals surface area contributed by atoms with E-state index in [1.54, 1.807) is 43.5 Å². The number of methoxy groups -OCH3 is 1. The van der Waals surface area contributed by atoms with Crippen molar-refractivity contribution in [2.24, 2.45) is 5.73 Å². The lowest BCUT2D eigenvalue weighted by Crippen LogP contribution is -2.58. The fourth-order valence-electron chi connectivity index (χ4n) is 4.55. The SMILES string of the molecule is COc1ccc(CNC(=O)/C=C/C(=O)N(C(N)=O)N(C)C(=O)[C@H](C)NC(=O)[C@H](C)NC(=O)OCc2ccccc2)cc1Cc1ccccc1. The van der Waals surface area contributed by atoms with E-state index >= 15 is 0 Å². The van der Waals surface area contributed by atoms with Crippen molar-refractivity contribution < 1.29 is 38.2 Å². The van der Waals surface area contributed by atoms with Crippen LogP contribution >= 0.6 is 0 Å². The van der Waals surface area contributed by atoms with Gasteiger partial charge >= 0.3 is 12.1 Å². The average Bonchev–Trinajstić information content (AvgIpc) is 3.09. The topological polar surface area (TPSA) is 189 Å². The number of urea groups is 1. The number of imide groups is 1. The lowest BCUT2D eigenvalue weighted by Gasteiger charge is -2.30. The van der Waals surface area contributed by atoms with Crippen molar-refractivity contribution in [3.8, 4) is 5.75 Å². The van der Waals surface area contributed by atoms with E-state index in [4.69, 9.17) is 15.2 Å². The first-order valence-electron chi connectivity index (χ1n) is 15.2. The second-order valence-electron chi connectivity index (χ2n) is 10.9. The Morgan fingerprint density at radius 1 is 0.816 bits per heavy atom. The molecule has 2 atom stereocenters. The number of nitrogens with zero attached hydrogens (tertiary/aromatic N) is 2. The molecule has 0 bridgehead atoms. The molecule has 7 amide bonds. The minimum atomic E-state index is -1.30. The van der Waals surface area contributed by atoms with E-state index in [2.05, 4.69) is 16.0 Å². The predicted molar refractivity (Wildman–Crippen MR) is 179 cm³/mol. The standard InChI is InChI=1S/C35H40N6O8/c1-23(39-35(47)49-22-26-13-9-6-10-14-26)32(44)38-24(2)33(45)40(3)41(34(36)46)31(43)18-17-30(42)37-21-27-15-16-29(48-4)28(20-27)19-25-11-7-5-8-12-25/h5-18,20,23-24H,19,21-22H2,1-4H3,(H2,36,46)(H,37,42)(H,38,44)(H,39,47)/b18-17+/t23-,24-/m0/s1. The van der Waals surface area contributed by atoms with Crippen LogP contribution in [0, 0.1) is 0 Å². The number of hydrogen-bond acceptors (Lipinski definition) is 8. The van der Waals surface area contributed by atoms with E-state index in [0.717, 1.165) is 41.5 Å². The number of carbonyl (C=O) groups excluding carboxylic acids is 6. The highest BCUT2D eigenvalue weighted by Crippen LogP contribution is 2.23. The summed E-state index contributed by atoms with van der Waals surface area (Å²) in [5, 5.41) is 8.36. The summed E-state index contributed by atoms with van der Waals surface area (Å²) in [6.07, 6.45) is 1.47. The quantitative estimate of drug-likeness (QED) is 0.157. The van der Waals surface area contributed by atoms with Crippen molar-refractivity contribution in [1.82, 2.24) is 26.0 Å². The molecule has 0 fully saturated rings. The maximum atomic E-state index is 13.0. The first-order chi connectivity index (χ1) is 23.4. The number of benzene rings is 3. The Kier molecular flexibility index (Phi) is 13.9. The van der Waals surface area contributed by atoms with Gasteiger partial charge in [-0.25, -0.2) is 14.6 Å². The number of carbonyl (C=O) groups is 6. The number of alkyl carbamates (subject to hydrolysis) is 1. The van der Waals surface area contributed by atoms with Crippen LogP contribution < -0.4 is 26.4 Å². The van der Waals surface area contributed by atoms with Crippen LogP contribution in [-0.4, -0.2) is 72.0 Å². The summed E-state index contributed by atoms with van der Waals surface area (Å²) < 4.78 is 10.6. The van der Waals surface area contributed by atoms with Gasteiger partial charge < -0.3 is 31.2 Å². The van der Waals surface area contributed by atoms with Gasteiger partial charge in [0.25, 0.3) is 11.8 Å². The smallest absolute Gasteiger partial charge is 0.408 e. The lowest BCUT2D eigenvalue weighted by atomic mass is 10.0. The molecule has 3 rings (SSSR count). The monoisotopic (exact) mass is 672 g/mol. The van der Waals surface area contributed by atoms with Crippen LogP contribution in [0.4, 0.5) is 9.59 Å². The van der Waals surface area contributed by atoms with E-state index in [9.17, 15) is 28.8 Å². The van der Waals surface area contributed by atoms with E-state index in [1.807, 2.05) is 42.5 Å². The summed E-state index contributed by atoms with van der Waals surface area (Å²) in [5.74, 6) is -2.64. The average molecular weight is 673 g/mol. The maximum absolute atomic E-state index is 13.0. The van der Waals surface area contributed by atoms with Crippen molar-refractivity contribution in [2.45, 2.75) is 45.5 Å². The summed E-state index contributed by atoms with van der Waals surface area (Å²) in [6, 6.07) is 20.6. The van der Waals surface area contributed by atoms with E-state index < -0.39 is 47.8 Å². The number of nitrogens with two attached hydrogens (primary N) is 1. The minimum absolute atomic E-state index is 0.00746. The Bertz CT molecular complexity index is 1670. The zero-order valence-corrected chi connectivity index (χ0v) is 27.7. The van der Waals surface area contributed by atoms with Crippen LogP contribution in [0.15, 0.2) is 91.0 Å². The summed E-state index contributed by atoms with van der Waals surface area (Å²) in [4.78, 5) is 75.2. The van der Waals surface area contributed by atoms with Crippen LogP contribution in [0.1, 0.15) is 36.1 Å². The Hall–Kier alpha value is -6.18. The number of likely N-dealkylation sites (N-methyl/N-ethyl adjacent to an activating group) is 1. The van der Waals surface area contributed by atoms with Crippen molar-refractivity contribution in [1.29, 1.82) is 0 Å². The summed E-state index contributed by atoms with van der Waals surface area (Å²) in [6.45, 7) is 2.82. The second-order valence-corrected chi connectivity index (χ2v) is 10.9. The first-order valence-corrected chi connectivity index (χ1v) is 15.2. The molecule has 0 unspecified atom stereocenters. The van der Waals surface area contributed by atoms with Gasteiger partial charge in [-0.3, -0.25) is 19.2 Å². The van der Waals surface area contributed by atoms with Gasteiger partial charge in [-0.15, -0.1) is 0 Å². The largest absolute Gasteiger partial charge is 0.496 e. The van der Waals surface area contributed by atoms with Gasteiger partial charge in [0.15, 0.2) is 0 Å². The lowest BCUT2D eigenvalue weighted by molar-refractivity contribution is -0.153. The highest BCUT2D eigenvalue weighted by atomic mass is 16.5. The Morgan fingerprint density at radius 2 is 1.45 bits per heavy atom. The highest BCUT2D eigenvalue weighted by Gasteiger charge is 2.30. The van der Waals surface area contributed by atoms with Crippen LogP contribution in [0.2, 0.25) is 0 Å². The summed E-state index contributed by atoms with van der Waals surface area (Å²) in [5.41, 5.74) is 8.92. The van der Waals surface area contributed by atoms with E-state index in [1.165, 1.54) is 13.8 Å². The molecule has 0 heterocycles. The molecule has 0 saturated heterocycles. The first kappa shape index (κ1) is 37.3. The summed E-state index contributed by atoms with van der Waals surface area (Å²) in [7, 11) is 2.68. The Labute approximate surface area is 284 Å². The molecule has 0 saturated carbocycles. The molecule has 3 aromatic carbocycles. The molecular formula is C35H40N6O8. The van der Waals surface area contributed by atoms with Crippen molar-refractivity contribution in [3.63, 3.8) is 0 Å². The normalized spacial score (nSPS) is 11.8. The highest BCUT2D eigenvalue weighted by molar-refractivity contribution is 6.04. The molecule has 0 spiro atoms. The molecule has 3 aromatic rings. The number of ether oxygens (including phenoxy) is 2. The van der Waals surface area contributed by atoms with Gasteiger partial charge in [-0.2, -0.15) is 5.01 Å². The van der Waals surface area contributed by atoms with Gasteiger partial charge in [-0.05, 0) is 42.2 Å². The van der Waals surface area contributed by atoms with E-state index in [0.29, 0.717) is 22.2 Å². The number of primary amides is 1. The third-order valence-electron chi connectivity index (χ3n) is 7.13. The molecule has 0 radical (unpaired) electrons. The third-order valence-corrected chi connectivity index (χ3v) is 7.13. The summed E-state index contributed by atoms with van der Waals surface area (Å²) >= 11 is 0. The molecule has 49 heavy (non-hydrogen) atoms. The zero-order valence-electron chi connectivity index (χ0n) is 27.7. The molecule has 0 aliphatic carbocycles. The predicted octanol–water partition coefficient (Wildman–Crippen LogP) is 2.56. The fraction of sp³-hybridized carbons (Fsp3) is 0.257. The number of hydrazine groups is 1. The van der Waals surface area contributed by atoms with Crippen molar-refractivity contribution in [3.05, 3.63) is 113 Å². The molecule has 14 heteroatoms. The van der Waals surface area contributed by atoms with Gasteiger partial charge in [-0.1, -0.05) is 72.8 Å². The number of amides is 7. The molecular weight excluding hydrogens is 632 g/mol. The van der Waals surface area contributed by atoms with Gasteiger partial charge in [0, 0.05) is 32.2 Å². The van der Waals surface area contributed by atoms with E-state index in [-0.39, 0.29) is 13.2 Å². The van der Waals surface area contributed by atoms with Crippen LogP contribution in [0.5, 0.6) is 5.75 Å². The second kappa shape index (κ2) is 18.2. The fourth-order valence-corrected chi connectivity index (χ4v) is 4.55. The molecule has 0 aliphatic heterocycles. The number of rotatable bonds is 13. The molecule has 14 nitrogen and oxygen atoms in total. The van der Waals surface area contributed by atoms with Crippen molar-refractivity contribution in [2.75, 3.05) is 14.2 Å². The Balaban J connectivity index is 1.52. The Morgan fingerprint density at radius 3 is 2.06 bits per heavy atom. The zero-order chi connectivity index (χ0) is 35.9. The van der Waals surface area contributed by atoms with Crippen LogP contribution in [0.3, 0.4) is 0 Å². The van der Waals surface area contributed by atoms with Crippen molar-refractivity contribution >= 4 is 35.8 Å². The third kappa shape index (κ3) is 11.5. The molecule has 0 aliphatic rings. The molecule has 258 valence electrons. The van der Waals surface area contributed by atoms with Crippen LogP contribution in [0.25, 0.3) is 0 Å². The molecule has 0 aromatic heterocycles. The maximum Gasteiger partial charge on any atom is 0.408 e. The number of nitrogens with one attached hydrogen (secondary N) is 3.